The first kappa shape index (κ1) is 17.8. The van der Waals surface area contributed by atoms with Gasteiger partial charge in [-0.2, -0.15) is 0 Å². The Labute approximate surface area is 163 Å². The van der Waals surface area contributed by atoms with E-state index in [1.165, 1.54) is 0 Å². The summed E-state index contributed by atoms with van der Waals surface area (Å²) in [6.45, 7) is 1.03. The van der Waals surface area contributed by atoms with Crippen LogP contribution in [0.4, 0.5) is 5.69 Å². The van der Waals surface area contributed by atoms with Crippen molar-refractivity contribution in [2.75, 3.05) is 18.0 Å². The van der Waals surface area contributed by atoms with Crippen molar-refractivity contribution in [1.29, 1.82) is 0 Å². The molecule has 2 aromatic carbocycles. The van der Waals surface area contributed by atoms with Crippen LogP contribution in [0.1, 0.15) is 35.2 Å². The SMILES string of the molecule is O=C(NCC#Cc1ccc(N2CCCCC2=O)cc1)c1ccc2nc[nH]c2c1. The number of fused-ring (bicyclic) bond motifs is 1. The predicted octanol–water partition coefficient (Wildman–Crippen LogP) is 2.86. The van der Waals surface area contributed by atoms with Crippen LogP contribution in [-0.4, -0.2) is 34.9 Å². The molecular formula is C22H20N4O2. The summed E-state index contributed by atoms with van der Waals surface area (Å²) in [4.78, 5) is 33.2. The molecule has 0 spiro atoms. The summed E-state index contributed by atoms with van der Waals surface area (Å²) < 4.78 is 0. The van der Waals surface area contributed by atoms with Gasteiger partial charge in [-0.15, -0.1) is 0 Å². The maximum Gasteiger partial charge on any atom is 0.252 e. The van der Waals surface area contributed by atoms with Crippen LogP contribution in [0.5, 0.6) is 0 Å². The lowest BCUT2D eigenvalue weighted by Gasteiger charge is -2.26. The number of rotatable bonds is 3. The van der Waals surface area contributed by atoms with Crippen molar-refractivity contribution in [1.82, 2.24) is 15.3 Å². The van der Waals surface area contributed by atoms with Crippen molar-refractivity contribution in [3.63, 3.8) is 0 Å². The summed E-state index contributed by atoms with van der Waals surface area (Å²) in [6, 6.07) is 13.0. The fourth-order valence-corrected chi connectivity index (χ4v) is 3.25. The number of amides is 2. The second-order valence-electron chi connectivity index (χ2n) is 6.67. The summed E-state index contributed by atoms with van der Waals surface area (Å²) in [5.41, 5.74) is 3.98. The number of anilines is 1. The highest BCUT2D eigenvalue weighted by molar-refractivity contribution is 5.97. The third-order valence-electron chi connectivity index (χ3n) is 4.75. The van der Waals surface area contributed by atoms with Gasteiger partial charge in [0.15, 0.2) is 0 Å². The third-order valence-corrected chi connectivity index (χ3v) is 4.75. The lowest BCUT2D eigenvalue weighted by Crippen LogP contribution is -2.35. The average molecular weight is 372 g/mol. The van der Waals surface area contributed by atoms with E-state index in [1.807, 2.05) is 29.2 Å². The molecule has 28 heavy (non-hydrogen) atoms. The zero-order valence-electron chi connectivity index (χ0n) is 15.4. The van der Waals surface area contributed by atoms with E-state index < -0.39 is 0 Å². The molecule has 0 atom stereocenters. The topological polar surface area (TPSA) is 78.1 Å². The van der Waals surface area contributed by atoms with Crippen LogP contribution in [-0.2, 0) is 4.79 Å². The summed E-state index contributed by atoms with van der Waals surface area (Å²) in [7, 11) is 0. The average Bonchev–Trinajstić information content (AvgIpc) is 3.20. The van der Waals surface area contributed by atoms with E-state index in [1.54, 1.807) is 24.5 Å². The number of nitrogens with zero attached hydrogens (tertiary/aromatic N) is 2. The molecule has 0 saturated carbocycles. The minimum absolute atomic E-state index is 0.176. The van der Waals surface area contributed by atoms with Gasteiger partial charge >= 0.3 is 0 Å². The molecule has 1 aliphatic rings. The van der Waals surface area contributed by atoms with Gasteiger partial charge in [-0.3, -0.25) is 9.59 Å². The van der Waals surface area contributed by atoms with E-state index in [9.17, 15) is 9.59 Å². The number of nitrogens with one attached hydrogen (secondary N) is 2. The number of H-pyrrole nitrogens is 1. The van der Waals surface area contributed by atoms with Crippen molar-refractivity contribution in [3.05, 3.63) is 59.9 Å². The molecule has 2 heterocycles. The summed E-state index contributed by atoms with van der Waals surface area (Å²) in [5.74, 6) is 6.00. The quantitative estimate of drug-likeness (QED) is 0.694. The largest absolute Gasteiger partial charge is 0.345 e. The number of piperidine rings is 1. The van der Waals surface area contributed by atoms with Gasteiger partial charge in [0.1, 0.15) is 0 Å². The molecule has 4 rings (SSSR count). The van der Waals surface area contributed by atoms with E-state index in [-0.39, 0.29) is 18.4 Å². The first-order valence-electron chi connectivity index (χ1n) is 9.31. The summed E-state index contributed by atoms with van der Waals surface area (Å²) in [5, 5.41) is 2.80. The molecule has 140 valence electrons. The van der Waals surface area contributed by atoms with E-state index in [0.29, 0.717) is 12.0 Å². The molecule has 0 radical (unpaired) electrons. The van der Waals surface area contributed by atoms with Gasteiger partial charge in [0, 0.05) is 29.8 Å². The molecule has 0 unspecified atom stereocenters. The molecule has 0 aliphatic carbocycles. The molecule has 6 nitrogen and oxygen atoms in total. The van der Waals surface area contributed by atoms with Gasteiger partial charge in [-0.25, -0.2) is 4.98 Å². The van der Waals surface area contributed by atoms with E-state index in [4.69, 9.17) is 0 Å². The van der Waals surface area contributed by atoms with Gasteiger partial charge in [-0.1, -0.05) is 11.8 Å². The molecular weight excluding hydrogens is 352 g/mol. The molecule has 2 amide bonds. The van der Waals surface area contributed by atoms with Crippen molar-refractivity contribution < 1.29 is 9.59 Å². The maximum absolute atomic E-state index is 12.2. The Bertz CT molecular complexity index is 1070. The lowest BCUT2D eigenvalue weighted by atomic mass is 10.1. The van der Waals surface area contributed by atoms with Crippen LogP contribution in [0.25, 0.3) is 11.0 Å². The number of imidazole rings is 1. The van der Waals surface area contributed by atoms with Gasteiger partial charge in [0.2, 0.25) is 5.91 Å². The molecule has 1 fully saturated rings. The number of carbonyl (C=O) groups is 2. The van der Waals surface area contributed by atoms with Gasteiger partial charge in [0.05, 0.1) is 23.9 Å². The standard InChI is InChI=1S/C22H20N4O2/c27-21-5-1-2-13-26(21)18-9-6-16(7-10-18)4-3-12-23-22(28)17-8-11-19-20(14-17)25-15-24-19/h6-11,14-15H,1-2,5,12-13H2,(H,23,28)(H,24,25). The molecule has 6 heteroatoms. The number of carbonyl (C=O) groups excluding carboxylic acids is 2. The van der Waals surface area contributed by atoms with Crippen LogP contribution < -0.4 is 10.2 Å². The molecule has 1 aliphatic heterocycles. The Morgan fingerprint density at radius 1 is 1.18 bits per heavy atom. The van der Waals surface area contributed by atoms with Gasteiger partial charge < -0.3 is 15.2 Å². The van der Waals surface area contributed by atoms with Gasteiger partial charge in [-0.05, 0) is 55.3 Å². The molecule has 1 aromatic heterocycles. The highest BCUT2D eigenvalue weighted by atomic mass is 16.2. The van der Waals surface area contributed by atoms with Crippen LogP contribution in [0, 0.1) is 11.8 Å². The number of aromatic nitrogens is 2. The van der Waals surface area contributed by atoms with E-state index >= 15 is 0 Å². The minimum atomic E-state index is -0.176. The zero-order valence-corrected chi connectivity index (χ0v) is 15.4. The Balaban J connectivity index is 1.34. The first-order valence-corrected chi connectivity index (χ1v) is 9.31. The van der Waals surface area contributed by atoms with E-state index in [0.717, 1.165) is 41.7 Å². The predicted molar refractivity (Wildman–Crippen MR) is 108 cm³/mol. The van der Waals surface area contributed by atoms with Crippen LogP contribution in [0.15, 0.2) is 48.8 Å². The number of aromatic amines is 1. The minimum Gasteiger partial charge on any atom is -0.345 e. The Morgan fingerprint density at radius 3 is 2.86 bits per heavy atom. The molecule has 3 aromatic rings. The summed E-state index contributed by atoms with van der Waals surface area (Å²) >= 11 is 0. The monoisotopic (exact) mass is 372 g/mol. The van der Waals surface area contributed by atoms with E-state index in [2.05, 4.69) is 27.1 Å². The zero-order chi connectivity index (χ0) is 19.3. The smallest absolute Gasteiger partial charge is 0.252 e. The Morgan fingerprint density at radius 2 is 2.04 bits per heavy atom. The molecule has 2 N–H and O–H groups in total. The van der Waals surface area contributed by atoms with Crippen molar-refractivity contribution in [2.24, 2.45) is 0 Å². The highest BCUT2D eigenvalue weighted by Crippen LogP contribution is 2.21. The Kier molecular flexibility index (Phi) is 5.07. The van der Waals surface area contributed by atoms with Crippen LogP contribution in [0.2, 0.25) is 0 Å². The van der Waals surface area contributed by atoms with Crippen LogP contribution >= 0.6 is 0 Å². The molecule has 1 saturated heterocycles. The van der Waals surface area contributed by atoms with Crippen molar-refractivity contribution in [3.8, 4) is 11.8 Å². The fourth-order valence-electron chi connectivity index (χ4n) is 3.25. The van der Waals surface area contributed by atoms with Crippen molar-refractivity contribution in [2.45, 2.75) is 19.3 Å². The third kappa shape index (κ3) is 3.89. The number of hydrogen-bond donors (Lipinski definition) is 2. The fraction of sp³-hybridized carbons (Fsp3) is 0.227. The second-order valence-corrected chi connectivity index (χ2v) is 6.67. The normalized spacial score (nSPS) is 13.9. The Hall–Kier alpha value is -3.59. The maximum atomic E-state index is 12.2. The second kappa shape index (κ2) is 7.97. The lowest BCUT2D eigenvalue weighted by molar-refractivity contribution is -0.119. The summed E-state index contributed by atoms with van der Waals surface area (Å²) in [6.07, 6.45) is 4.24. The van der Waals surface area contributed by atoms with Crippen molar-refractivity contribution >= 4 is 28.5 Å². The highest BCUT2D eigenvalue weighted by Gasteiger charge is 2.19. The van der Waals surface area contributed by atoms with Gasteiger partial charge in [0.25, 0.3) is 5.91 Å². The number of hydrogen-bond acceptors (Lipinski definition) is 3. The van der Waals surface area contributed by atoms with Crippen LogP contribution in [0.3, 0.4) is 0 Å². The number of benzene rings is 2. The first-order chi connectivity index (χ1) is 13.7. The molecule has 0 bridgehead atoms.